The van der Waals surface area contributed by atoms with Crippen molar-refractivity contribution in [2.24, 2.45) is 0 Å². The molecule has 0 radical (unpaired) electrons. The van der Waals surface area contributed by atoms with Gasteiger partial charge in [-0.25, -0.2) is 4.79 Å². The molecule has 2 N–H and O–H groups in total. The van der Waals surface area contributed by atoms with Crippen molar-refractivity contribution < 1.29 is 24.5 Å². The highest BCUT2D eigenvalue weighted by atomic mass is 16.5. The maximum Gasteiger partial charge on any atom is 0.339 e. The predicted octanol–water partition coefficient (Wildman–Crippen LogP) is 4.26. The lowest BCUT2D eigenvalue weighted by molar-refractivity contribution is -0.132. The largest absolute Gasteiger partial charge is 0.507 e. The Morgan fingerprint density at radius 1 is 1.11 bits per heavy atom. The summed E-state index contributed by atoms with van der Waals surface area (Å²) in [4.78, 5) is 11.3. The summed E-state index contributed by atoms with van der Waals surface area (Å²) in [5.74, 6) is -0.353. The molecule has 28 heavy (non-hydrogen) atoms. The van der Waals surface area contributed by atoms with Gasteiger partial charge in [0, 0.05) is 0 Å². The van der Waals surface area contributed by atoms with Crippen molar-refractivity contribution in [2.45, 2.75) is 13.3 Å². The van der Waals surface area contributed by atoms with E-state index in [2.05, 4.69) is 6.07 Å². The number of allylic oxidation sites excluding steroid dienone is 2. The fourth-order valence-electron chi connectivity index (χ4n) is 2.74. The number of methoxy groups -OCH3 is 2. The van der Waals surface area contributed by atoms with E-state index in [1.54, 1.807) is 45.4 Å². The molecule has 0 fully saturated rings. The molecule has 0 saturated heterocycles. The molecule has 0 aliphatic rings. The van der Waals surface area contributed by atoms with Gasteiger partial charge in [0.25, 0.3) is 0 Å². The van der Waals surface area contributed by atoms with Crippen LogP contribution in [0.5, 0.6) is 11.5 Å². The van der Waals surface area contributed by atoms with Gasteiger partial charge in [0.1, 0.15) is 5.76 Å². The van der Waals surface area contributed by atoms with Crippen LogP contribution < -0.4 is 9.47 Å². The fraction of sp³-hybridized carbons (Fsp3) is 0.182. The molecule has 0 aliphatic heterocycles. The molecule has 0 aliphatic carbocycles. The number of benzene rings is 2. The zero-order valence-electron chi connectivity index (χ0n) is 15.9. The Kier molecular flexibility index (Phi) is 6.83. The molecule has 2 aromatic carbocycles. The highest BCUT2D eigenvalue weighted by Gasteiger charge is 2.13. The van der Waals surface area contributed by atoms with Crippen molar-refractivity contribution in [2.75, 3.05) is 14.2 Å². The van der Waals surface area contributed by atoms with Gasteiger partial charge >= 0.3 is 5.97 Å². The first-order chi connectivity index (χ1) is 13.4. The van der Waals surface area contributed by atoms with E-state index in [1.807, 2.05) is 12.1 Å². The normalized spacial score (nSPS) is 11.6. The van der Waals surface area contributed by atoms with E-state index in [0.29, 0.717) is 17.1 Å². The summed E-state index contributed by atoms with van der Waals surface area (Å²) in [5, 5.41) is 28.4. The molecular formula is C22H21NO5. The van der Waals surface area contributed by atoms with Crippen LogP contribution in [0.25, 0.3) is 11.1 Å². The second-order valence-corrected chi connectivity index (χ2v) is 5.86. The van der Waals surface area contributed by atoms with Gasteiger partial charge in [0.15, 0.2) is 11.5 Å². The first-order valence-electron chi connectivity index (χ1n) is 8.49. The number of hydrogen-bond acceptors (Lipinski definition) is 5. The van der Waals surface area contributed by atoms with Crippen molar-refractivity contribution in [1.82, 2.24) is 0 Å². The molecule has 2 rings (SSSR count). The number of ether oxygens (including phenoxy) is 2. The number of carboxylic acids is 1. The number of hydrogen-bond donors (Lipinski definition) is 2. The zero-order valence-corrected chi connectivity index (χ0v) is 15.9. The fourth-order valence-corrected chi connectivity index (χ4v) is 2.74. The molecule has 0 heterocycles. The van der Waals surface area contributed by atoms with E-state index < -0.39 is 5.97 Å². The molecule has 0 bridgehead atoms. The number of nitrogens with zero attached hydrogens (tertiary/aromatic N) is 1. The number of aliphatic hydroxyl groups excluding tert-OH is 1. The van der Waals surface area contributed by atoms with E-state index in [4.69, 9.17) is 9.47 Å². The van der Waals surface area contributed by atoms with E-state index in [0.717, 1.165) is 16.7 Å². The van der Waals surface area contributed by atoms with Crippen molar-refractivity contribution in [3.63, 3.8) is 0 Å². The third-order valence-electron chi connectivity index (χ3n) is 4.22. The van der Waals surface area contributed by atoms with Gasteiger partial charge in [-0.2, -0.15) is 5.26 Å². The Hall–Kier alpha value is -3.72. The van der Waals surface area contributed by atoms with E-state index in [-0.39, 0.29) is 17.8 Å². The van der Waals surface area contributed by atoms with Crippen LogP contribution in [0.4, 0.5) is 0 Å². The van der Waals surface area contributed by atoms with Crippen LogP contribution in [0, 0.1) is 11.3 Å². The van der Waals surface area contributed by atoms with Crippen LogP contribution in [-0.4, -0.2) is 30.4 Å². The summed E-state index contributed by atoms with van der Waals surface area (Å²) in [6.45, 7) is 1.55. The summed E-state index contributed by atoms with van der Waals surface area (Å²) in [7, 11) is 3.10. The zero-order chi connectivity index (χ0) is 20.7. The van der Waals surface area contributed by atoms with Crippen molar-refractivity contribution in [3.8, 4) is 28.7 Å². The van der Waals surface area contributed by atoms with Crippen LogP contribution in [0.15, 0.2) is 59.9 Å². The molecule has 144 valence electrons. The number of aliphatic hydroxyl groups is 1. The minimum absolute atomic E-state index is 0.176. The van der Waals surface area contributed by atoms with Crippen LogP contribution >= 0.6 is 0 Å². The monoisotopic (exact) mass is 379 g/mol. The van der Waals surface area contributed by atoms with Gasteiger partial charge in [-0.05, 0) is 54.3 Å². The Bertz CT molecular complexity index is 983. The third kappa shape index (κ3) is 4.51. The number of rotatable bonds is 7. The molecule has 0 spiro atoms. The lowest BCUT2D eigenvalue weighted by Crippen LogP contribution is -2.04. The molecule has 0 saturated carbocycles. The summed E-state index contributed by atoms with van der Waals surface area (Å²) in [6, 6.07) is 12.9. The molecule has 0 atom stereocenters. The summed E-state index contributed by atoms with van der Waals surface area (Å²) in [5.41, 5.74) is 2.55. The molecule has 0 aromatic heterocycles. The third-order valence-corrected chi connectivity index (χ3v) is 4.22. The minimum Gasteiger partial charge on any atom is -0.507 e. The SMILES string of the molecule is C/C=C(O)\C(=C/Cc1ccc(-c2ccc(OC)c(OC)c2)c(C#N)c1)C(=O)O. The summed E-state index contributed by atoms with van der Waals surface area (Å²) >= 11 is 0. The molecule has 2 aromatic rings. The first kappa shape index (κ1) is 20.6. The van der Waals surface area contributed by atoms with E-state index in [1.165, 1.54) is 12.2 Å². The highest BCUT2D eigenvalue weighted by molar-refractivity contribution is 5.90. The van der Waals surface area contributed by atoms with Gasteiger partial charge in [0.2, 0.25) is 0 Å². The summed E-state index contributed by atoms with van der Waals surface area (Å²) in [6.07, 6.45) is 3.01. The predicted molar refractivity (Wildman–Crippen MR) is 106 cm³/mol. The Morgan fingerprint density at radius 3 is 2.39 bits per heavy atom. The van der Waals surface area contributed by atoms with Crippen molar-refractivity contribution >= 4 is 5.97 Å². The quantitative estimate of drug-likeness (QED) is 0.424. The van der Waals surface area contributed by atoms with Crippen molar-refractivity contribution in [3.05, 3.63) is 71.0 Å². The second-order valence-electron chi connectivity index (χ2n) is 5.86. The average Bonchev–Trinajstić information content (AvgIpc) is 2.72. The molecular weight excluding hydrogens is 358 g/mol. The standard InChI is InChI=1S/C22H21NO5/c1-4-19(24)18(22(25)26)9-6-14-5-8-17(16(11-14)13-23)15-7-10-20(27-2)21(12-15)28-3/h4-5,7-12,24H,6H2,1-3H3,(H,25,26)/b18-9+,19-4+. The molecule has 6 heteroatoms. The maximum atomic E-state index is 11.3. The molecule has 0 unspecified atom stereocenters. The van der Waals surface area contributed by atoms with E-state index >= 15 is 0 Å². The maximum absolute atomic E-state index is 11.3. The molecule has 0 amide bonds. The Morgan fingerprint density at radius 2 is 1.82 bits per heavy atom. The van der Waals surface area contributed by atoms with Crippen LogP contribution in [-0.2, 0) is 11.2 Å². The van der Waals surface area contributed by atoms with Crippen LogP contribution in [0.2, 0.25) is 0 Å². The van der Waals surface area contributed by atoms with Crippen molar-refractivity contribution in [1.29, 1.82) is 5.26 Å². The van der Waals surface area contributed by atoms with Crippen LogP contribution in [0.3, 0.4) is 0 Å². The smallest absolute Gasteiger partial charge is 0.339 e. The number of carbonyl (C=O) groups is 1. The Labute approximate surface area is 163 Å². The molecule has 6 nitrogen and oxygen atoms in total. The Balaban J connectivity index is 2.40. The highest BCUT2D eigenvalue weighted by Crippen LogP contribution is 2.34. The van der Waals surface area contributed by atoms with Gasteiger partial charge in [0.05, 0.1) is 31.4 Å². The van der Waals surface area contributed by atoms with Gasteiger partial charge in [-0.1, -0.05) is 24.3 Å². The number of nitriles is 1. The average molecular weight is 379 g/mol. The second kappa shape index (κ2) is 9.28. The van der Waals surface area contributed by atoms with Crippen LogP contribution in [0.1, 0.15) is 18.1 Å². The van der Waals surface area contributed by atoms with Gasteiger partial charge < -0.3 is 19.7 Å². The van der Waals surface area contributed by atoms with Gasteiger partial charge in [-0.15, -0.1) is 0 Å². The first-order valence-corrected chi connectivity index (χ1v) is 8.49. The lowest BCUT2D eigenvalue weighted by atomic mass is 9.96. The topological polar surface area (TPSA) is 99.8 Å². The lowest BCUT2D eigenvalue weighted by Gasteiger charge is -2.11. The number of carboxylic acid groups (broad SMARTS) is 1. The number of aliphatic carboxylic acids is 1. The van der Waals surface area contributed by atoms with Gasteiger partial charge in [-0.3, -0.25) is 0 Å². The summed E-state index contributed by atoms with van der Waals surface area (Å²) < 4.78 is 10.6. The minimum atomic E-state index is -1.21. The van der Waals surface area contributed by atoms with E-state index in [9.17, 15) is 20.3 Å².